The number of hydrogen-bond acceptors (Lipinski definition) is 5. The van der Waals surface area contributed by atoms with E-state index in [0.717, 1.165) is 6.42 Å². The minimum atomic E-state index is -0.458. The smallest absolute Gasteiger partial charge is 0.282 e. The maximum Gasteiger partial charge on any atom is 0.282 e. The zero-order valence-electron chi connectivity index (χ0n) is 13.1. The van der Waals surface area contributed by atoms with Crippen molar-refractivity contribution < 1.29 is 14.4 Å². The number of nitrogens with zero attached hydrogens (tertiary/aromatic N) is 2. The predicted octanol–water partition coefficient (Wildman–Crippen LogP) is 3.27. The van der Waals surface area contributed by atoms with Gasteiger partial charge in [-0.2, -0.15) is 0 Å². The molecule has 0 amide bonds. The topological polar surface area (TPSA) is 74.0 Å². The van der Waals surface area contributed by atoms with E-state index in [2.05, 4.69) is 4.99 Å². The van der Waals surface area contributed by atoms with Gasteiger partial charge in [-0.3, -0.25) is 15.1 Å². The van der Waals surface area contributed by atoms with Crippen LogP contribution in [-0.2, 0) is 6.42 Å². The molecule has 0 bridgehead atoms. The highest BCUT2D eigenvalue weighted by molar-refractivity contribution is 5.87. The standard InChI is InChI=1S/C17H18N2O4/c1-22-16-10-14(15(19(20)21)11-17(16)23-2)12-18-9-8-13-6-4-3-5-7-13/h3-7,10-12H,8-9H2,1-2H3. The molecule has 6 heteroatoms. The van der Waals surface area contributed by atoms with E-state index in [-0.39, 0.29) is 5.69 Å². The molecule has 0 N–H and O–H groups in total. The molecule has 120 valence electrons. The fourth-order valence-corrected chi connectivity index (χ4v) is 2.15. The first-order chi connectivity index (χ1) is 11.2. The van der Waals surface area contributed by atoms with Crippen molar-refractivity contribution in [3.63, 3.8) is 0 Å². The van der Waals surface area contributed by atoms with Crippen LogP contribution in [0.1, 0.15) is 11.1 Å². The second-order valence-corrected chi connectivity index (χ2v) is 4.79. The Hall–Kier alpha value is -2.89. The summed E-state index contributed by atoms with van der Waals surface area (Å²) >= 11 is 0. The summed E-state index contributed by atoms with van der Waals surface area (Å²) in [6, 6.07) is 12.8. The lowest BCUT2D eigenvalue weighted by Crippen LogP contribution is -1.99. The SMILES string of the molecule is COc1cc(C=NCCc2ccccc2)c([N+](=O)[O-])cc1OC. The molecule has 0 saturated heterocycles. The molecule has 0 aliphatic heterocycles. The molecular formula is C17H18N2O4. The third kappa shape index (κ3) is 4.29. The van der Waals surface area contributed by atoms with Crippen molar-refractivity contribution in [1.29, 1.82) is 0 Å². The Bertz CT molecular complexity index is 699. The van der Waals surface area contributed by atoms with E-state index < -0.39 is 4.92 Å². The first-order valence-corrected chi connectivity index (χ1v) is 7.10. The number of benzene rings is 2. The molecule has 0 fully saturated rings. The predicted molar refractivity (Wildman–Crippen MR) is 88.8 cm³/mol. The lowest BCUT2D eigenvalue weighted by molar-refractivity contribution is -0.385. The van der Waals surface area contributed by atoms with E-state index >= 15 is 0 Å². The van der Waals surface area contributed by atoms with Crippen LogP contribution < -0.4 is 9.47 Å². The molecule has 6 nitrogen and oxygen atoms in total. The minimum Gasteiger partial charge on any atom is -0.493 e. The third-order valence-corrected chi connectivity index (χ3v) is 3.33. The summed E-state index contributed by atoms with van der Waals surface area (Å²) in [7, 11) is 2.93. The zero-order chi connectivity index (χ0) is 16.7. The van der Waals surface area contributed by atoms with Gasteiger partial charge in [0.05, 0.1) is 30.8 Å². The van der Waals surface area contributed by atoms with Crippen LogP contribution >= 0.6 is 0 Å². The molecule has 0 aliphatic carbocycles. The van der Waals surface area contributed by atoms with Gasteiger partial charge in [0.15, 0.2) is 11.5 Å². The molecule has 0 atom stereocenters. The van der Waals surface area contributed by atoms with Crippen LogP contribution in [0.2, 0.25) is 0 Å². The normalized spacial score (nSPS) is 10.7. The van der Waals surface area contributed by atoms with Crippen LogP contribution in [0.25, 0.3) is 0 Å². The lowest BCUT2D eigenvalue weighted by Gasteiger charge is -2.08. The van der Waals surface area contributed by atoms with Gasteiger partial charge in [0.1, 0.15) is 0 Å². The van der Waals surface area contributed by atoms with Gasteiger partial charge in [-0.1, -0.05) is 30.3 Å². The largest absolute Gasteiger partial charge is 0.493 e. The molecule has 0 radical (unpaired) electrons. The molecule has 0 aromatic heterocycles. The molecule has 2 rings (SSSR count). The van der Waals surface area contributed by atoms with Crippen molar-refractivity contribution in [1.82, 2.24) is 0 Å². The summed E-state index contributed by atoms with van der Waals surface area (Å²) in [6.07, 6.45) is 2.28. The van der Waals surface area contributed by atoms with Crippen molar-refractivity contribution in [2.24, 2.45) is 4.99 Å². The van der Waals surface area contributed by atoms with Crippen LogP contribution in [0, 0.1) is 10.1 Å². The Labute approximate surface area is 134 Å². The summed E-state index contributed by atoms with van der Waals surface area (Å²) in [5.41, 5.74) is 1.50. The fourth-order valence-electron chi connectivity index (χ4n) is 2.15. The number of nitro groups is 1. The van der Waals surface area contributed by atoms with Crippen molar-refractivity contribution in [3.8, 4) is 11.5 Å². The van der Waals surface area contributed by atoms with Gasteiger partial charge in [0.2, 0.25) is 0 Å². The van der Waals surface area contributed by atoms with E-state index in [4.69, 9.17) is 9.47 Å². The summed E-state index contributed by atoms with van der Waals surface area (Å²) in [4.78, 5) is 15.0. The van der Waals surface area contributed by atoms with Gasteiger partial charge in [-0.15, -0.1) is 0 Å². The molecular weight excluding hydrogens is 296 g/mol. The van der Waals surface area contributed by atoms with Crippen LogP contribution in [0.15, 0.2) is 47.5 Å². The molecule has 0 saturated carbocycles. The van der Waals surface area contributed by atoms with Gasteiger partial charge in [0, 0.05) is 12.8 Å². The summed E-state index contributed by atoms with van der Waals surface area (Å²) in [6.45, 7) is 0.551. The lowest BCUT2D eigenvalue weighted by atomic mass is 10.1. The Morgan fingerprint density at radius 2 is 1.78 bits per heavy atom. The molecule has 23 heavy (non-hydrogen) atoms. The highest BCUT2D eigenvalue weighted by Gasteiger charge is 2.18. The average Bonchev–Trinajstić information content (AvgIpc) is 2.58. The number of methoxy groups -OCH3 is 2. The number of rotatable bonds is 7. The average molecular weight is 314 g/mol. The maximum absolute atomic E-state index is 11.2. The van der Waals surface area contributed by atoms with Crippen LogP contribution in [0.5, 0.6) is 11.5 Å². The van der Waals surface area contributed by atoms with Gasteiger partial charge in [-0.25, -0.2) is 0 Å². The van der Waals surface area contributed by atoms with E-state index in [1.807, 2.05) is 30.3 Å². The van der Waals surface area contributed by atoms with Gasteiger partial charge in [0.25, 0.3) is 5.69 Å². The Balaban J connectivity index is 2.17. The Morgan fingerprint density at radius 1 is 1.13 bits per heavy atom. The molecule has 0 spiro atoms. The number of hydrogen-bond donors (Lipinski definition) is 0. The first-order valence-electron chi connectivity index (χ1n) is 7.10. The second kappa shape index (κ2) is 7.93. The molecule has 0 heterocycles. The van der Waals surface area contributed by atoms with E-state index in [0.29, 0.717) is 23.6 Å². The van der Waals surface area contributed by atoms with Gasteiger partial charge >= 0.3 is 0 Å². The molecule has 0 aliphatic rings. The van der Waals surface area contributed by atoms with Gasteiger partial charge < -0.3 is 9.47 Å². The maximum atomic E-state index is 11.2. The minimum absolute atomic E-state index is 0.0638. The van der Waals surface area contributed by atoms with Crippen LogP contribution in [-0.4, -0.2) is 31.9 Å². The van der Waals surface area contributed by atoms with E-state index in [9.17, 15) is 10.1 Å². The third-order valence-electron chi connectivity index (χ3n) is 3.33. The number of nitro benzene ring substituents is 1. The number of ether oxygens (including phenoxy) is 2. The van der Waals surface area contributed by atoms with Gasteiger partial charge in [-0.05, 0) is 18.1 Å². The number of aliphatic imine (C=N–C) groups is 1. The molecule has 2 aromatic carbocycles. The van der Waals surface area contributed by atoms with Crippen molar-refractivity contribution in [2.45, 2.75) is 6.42 Å². The van der Waals surface area contributed by atoms with E-state index in [1.54, 1.807) is 6.07 Å². The highest BCUT2D eigenvalue weighted by Crippen LogP contribution is 2.33. The summed E-state index contributed by atoms with van der Waals surface area (Å²) in [5.74, 6) is 0.753. The second-order valence-electron chi connectivity index (χ2n) is 4.79. The Kier molecular flexibility index (Phi) is 5.68. The Morgan fingerprint density at radius 3 is 2.39 bits per heavy atom. The zero-order valence-corrected chi connectivity index (χ0v) is 13.1. The van der Waals surface area contributed by atoms with Crippen molar-refractivity contribution in [2.75, 3.05) is 20.8 Å². The summed E-state index contributed by atoms with van der Waals surface area (Å²) < 4.78 is 10.3. The van der Waals surface area contributed by atoms with Crippen LogP contribution in [0.4, 0.5) is 5.69 Å². The quantitative estimate of drug-likeness (QED) is 0.446. The van der Waals surface area contributed by atoms with Crippen LogP contribution in [0.3, 0.4) is 0 Å². The fraction of sp³-hybridized carbons (Fsp3) is 0.235. The summed E-state index contributed by atoms with van der Waals surface area (Å²) in [5, 5.41) is 11.2. The van der Waals surface area contributed by atoms with E-state index in [1.165, 1.54) is 32.1 Å². The molecule has 0 unspecified atom stereocenters. The van der Waals surface area contributed by atoms with Crippen molar-refractivity contribution >= 4 is 11.9 Å². The first kappa shape index (κ1) is 16.5. The monoisotopic (exact) mass is 314 g/mol. The molecule has 2 aromatic rings. The van der Waals surface area contributed by atoms with Crippen molar-refractivity contribution in [3.05, 3.63) is 63.7 Å². The highest BCUT2D eigenvalue weighted by atomic mass is 16.6.